The van der Waals surface area contributed by atoms with Crippen molar-refractivity contribution in [3.05, 3.63) is 45.8 Å². The van der Waals surface area contributed by atoms with E-state index in [1.807, 2.05) is 0 Å². The fourth-order valence-electron chi connectivity index (χ4n) is 1.38. The Balaban J connectivity index is 2.90. The third-order valence-electron chi connectivity index (χ3n) is 2.58. The second-order valence-corrected chi connectivity index (χ2v) is 13.6. The molecule has 0 aliphatic heterocycles. The van der Waals surface area contributed by atoms with E-state index < -0.39 is 24.1 Å². The summed E-state index contributed by atoms with van der Waals surface area (Å²) in [6.45, 7) is 8.02. The van der Waals surface area contributed by atoms with Gasteiger partial charge >= 0.3 is 0 Å². The summed E-state index contributed by atoms with van der Waals surface area (Å²) in [7, 11) is -5.19. The summed E-state index contributed by atoms with van der Waals surface area (Å²) >= 11 is 11.9. The van der Waals surface area contributed by atoms with Crippen LogP contribution in [0.15, 0.2) is 45.6 Å². The Labute approximate surface area is 137 Å². The predicted octanol–water partition coefficient (Wildman–Crippen LogP) is 4.16. The highest BCUT2D eigenvalue weighted by molar-refractivity contribution is 7.89. The lowest BCUT2D eigenvalue weighted by atomic mass is 10.4. The van der Waals surface area contributed by atoms with Gasteiger partial charge in [-0.2, -0.15) is 0 Å². The molecule has 7 heteroatoms. The van der Waals surface area contributed by atoms with E-state index in [4.69, 9.17) is 23.2 Å². The molecule has 0 radical (unpaired) electrons. The van der Waals surface area contributed by atoms with Crippen LogP contribution in [0.1, 0.15) is 6.92 Å². The van der Waals surface area contributed by atoms with Crippen LogP contribution in [-0.4, -0.2) is 22.5 Å². The summed E-state index contributed by atoms with van der Waals surface area (Å²) in [5, 5.41) is 0.492. The van der Waals surface area contributed by atoms with E-state index in [2.05, 4.69) is 30.1 Å². The number of hydrogen-bond donors (Lipinski definition) is 1. The largest absolute Gasteiger partial charge is 0.241 e. The summed E-state index contributed by atoms with van der Waals surface area (Å²) in [5.74, 6) is 0. The molecule has 1 atom stereocenters. The molecule has 0 saturated heterocycles. The van der Waals surface area contributed by atoms with Gasteiger partial charge in [-0.1, -0.05) is 42.8 Å². The maximum absolute atomic E-state index is 12.2. The molecule has 1 N–H and O–H groups in total. The summed E-state index contributed by atoms with van der Waals surface area (Å²) in [6, 6.07) is 5.60. The Morgan fingerprint density at radius 2 is 1.81 bits per heavy atom. The second kappa shape index (κ2) is 7.14. The van der Waals surface area contributed by atoms with E-state index in [9.17, 15) is 8.42 Å². The third-order valence-corrected chi connectivity index (χ3v) is 7.68. The van der Waals surface area contributed by atoms with Crippen LogP contribution in [0.5, 0.6) is 0 Å². The maximum atomic E-state index is 12.2. The molecule has 0 heterocycles. The lowest BCUT2D eigenvalue weighted by molar-refractivity contribution is 0.576. The number of benzene rings is 1. The van der Waals surface area contributed by atoms with Crippen molar-refractivity contribution in [1.29, 1.82) is 0 Å². The summed E-state index contributed by atoms with van der Waals surface area (Å²) in [5.41, 5.74) is 2.98. The van der Waals surface area contributed by atoms with Gasteiger partial charge in [-0.05, 0) is 37.3 Å². The van der Waals surface area contributed by atoms with E-state index in [1.165, 1.54) is 12.1 Å². The molecule has 0 fully saturated rings. The van der Waals surface area contributed by atoms with Crippen molar-refractivity contribution in [2.75, 3.05) is 0 Å². The van der Waals surface area contributed by atoms with Crippen LogP contribution in [0, 0.1) is 0 Å². The van der Waals surface area contributed by atoms with Crippen molar-refractivity contribution in [1.82, 2.24) is 4.72 Å². The van der Waals surface area contributed by atoms with E-state index in [1.54, 1.807) is 25.1 Å². The Kier molecular flexibility index (Phi) is 6.29. The Bertz CT molecular complexity index is 657. The first-order valence-electron chi connectivity index (χ1n) is 6.43. The van der Waals surface area contributed by atoms with Crippen LogP contribution in [0.25, 0.3) is 0 Å². The Morgan fingerprint density at radius 1 is 1.29 bits per heavy atom. The minimum Gasteiger partial charge on any atom is -0.207 e. The second-order valence-electron chi connectivity index (χ2n) is 5.74. The lowest BCUT2D eigenvalue weighted by Gasteiger charge is -2.12. The van der Waals surface area contributed by atoms with Crippen molar-refractivity contribution >= 4 is 41.3 Å². The zero-order valence-electron chi connectivity index (χ0n) is 12.4. The van der Waals surface area contributed by atoms with E-state index >= 15 is 0 Å². The first kappa shape index (κ1) is 18.5. The molecule has 0 aliphatic rings. The molecule has 0 aliphatic carbocycles. The minimum atomic E-state index is -3.58. The fourth-order valence-corrected chi connectivity index (χ4v) is 3.27. The molecule has 1 unspecified atom stereocenters. The molecule has 0 spiro atoms. The maximum Gasteiger partial charge on any atom is 0.241 e. The highest BCUT2D eigenvalue weighted by Crippen LogP contribution is 2.17. The predicted molar refractivity (Wildman–Crippen MR) is 92.0 cm³/mol. The number of sulfonamides is 1. The van der Waals surface area contributed by atoms with Crippen LogP contribution in [-0.2, 0) is 10.0 Å². The van der Waals surface area contributed by atoms with E-state index in [-0.39, 0.29) is 4.90 Å². The number of nitrogens with one attached hydrogen (secondary N) is 1. The van der Waals surface area contributed by atoms with Gasteiger partial charge < -0.3 is 0 Å². The molecular weight excluding hydrogens is 345 g/mol. The van der Waals surface area contributed by atoms with Gasteiger partial charge in [0.25, 0.3) is 0 Å². The zero-order valence-corrected chi connectivity index (χ0v) is 15.8. The Morgan fingerprint density at radius 3 is 2.29 bits per heavy atom. The molecule has 0 bridgehead atoms. The van der Waals surface area contributed by atoms with Gasteiger partial charge in [0.15, 0.2) is 0 Å². The normalized spacial score (nSPS) is 13.4. The van der Waals surface area contributed by atoms with Crippen LogP contribution in [0.2, 0.25) is 24.7 Å². The number of rotatable bonds is 5. The molecule has 0 amide bonds. The minimum absolute atomic E-state index is 0.174. The van der Waals surface area contributed by atoms with E-state index in [0.717, 1.165) is 0 Å². The van der Waals surface area contributed by atoms with Gasteiger partial charge in [-0.3, -0.25) is 0 Å². The first-order valence-corrected chi connectivity index (χ1v) is 12.2. The van der Waals surface area contributed by atoms with E-state index in [0.29, 0.717) is 9.68 Å². The highest BCUT2D eigenvalue weighted by Gasteiger charge is 2.18. The molecule has 1 aromatic carbocycles. The molecule has 116 valence electrons. The smallest absolute Gasteiger partial charge is 0.207 e. The van der Waals surface area contributed by atoms with Gasteiger partial charge in [0.1, 0.15) is 8.07 Å². The average molecular weight is 364 g/mol. The van der Waals surface area contributed by atoms with Crippen LogP contribution >= 0.6 is 23.2 Å². The molecule has 3 nitrogen and oxygen atoms in total. The number of halogens is 2. The van der Waals surface area contributed by atoms with Gasteiger partial charge in [0, 0.05) is 15.7 Å². The summed E-state index contributed by atoms with van der Waals surface area (Å²) < 4.78 is 27.6. The first-order chi connectivity index (χ1) is 9.52. The lowest BCUT2D eigenvalue weighted by Crippen LogP contribution is -2.31. The zero-order chi connectivity index (χ0) is 16.3. The van der Waals surface area contributed by atoms with Crippen molar-refractivity contribution in [3.63, 3.8) is 0 Å². The monoisotopic (exact) mass is 363 g/mol. The molecule has 21 heavy (non-hydrogen) atoms. The van der Waals surface area contributed by atoms with Crippen molar-refractivity contribution in [2.24, 2.45) is 0 Å². The molecule has 0 saturated carbocycles. The van der Waals surface area contributed by atoms with Gasteiger partial charge in [0.2, 0.25) is 10.0 Å². The van der Waals surface area contributed by atoms with Gasteiger partial charge in [0.05, 0.1) is 4.90 Å². The SMILES string of the molecule is CC(C=C=C(Cl)[Si](C)(C)C)NS(=O)(=O)c1ccc(Cl)cc1. The third kappa shape index (κ3) is 5.99. The summed E-state index contributed by atoms with van der Waals surface area (Å²) in [4.78, 5) is 0.174. The van der Waals surface area contributed by atoms with Gasteiger partial charge in [-0.15, -0.1) is 5.73 Å². The van der Waals surface area contributed by atoms with Crippen LogP contribution < -0.4 is 4.72 Å². The summed E-state index contributed by atoms with van der Waals surface area (Å²) in [6.07, 6.45) is 1.63. The number of hydrogen-bond acceptors (Lipinski definition) is 2. The topological polar surface area (TPSA) is 46.2 Å². The fraction of sp³-hybridized carbons (Fsp3) is 0.357. The van der Waals surface area contributed by atoms with Gasteiger partial charge in [-0.25, -0.2) is 13.1 Å². The quantitative estimate of drug-likeness (QED) is 0.630. The Hall–Kier alpha value is -0.553. The standard InChI is InChI=1S/C14H19Cl2NO2SSi/c1-11(5-10-14(16)21(2,3)4)17-20(18,19)13-8-6-12(15)7-9-13/h5-9,11,17H,1-4H3. The van der Waals surface area contributed by atoms with Crippen LogP contribution in [0.3, 0.4) is 0 Å². The molecule has 1 aromatic rings. The molecular formula is C14H19Cl2NO2SSi. The van der Waals surface area contributed by atoms with Crippen LogP contribution in [0.4, 0.5) is 0 Å². The highest BCUT2D eigenvalue weighted by atomic mass is 35.5. The van der Waals surface area contributed by atoms with Crippen molar-refractivity contribution in [2.45, 2.75) is 37.5 Å². The van der Waals surface area contributed by atoms with Crippen molar-refractivity contribution in [3.8, 4) is 0 Å². The average Bonchev–Trinajstić information content (AvgIpc) is 2.34. The molecule has 0 aromatic heterocycles. The van der Waals surface area contributed by atoms with Crippen molar-refractivity contribution < 1.29 is 8.42 Å². The molecule has 1 rings (SSSR count).